The Morgan fingerprint density at radius 3 is 1.27 bits per heavy atom. The van der Waals surface area contributed by atoms with Crippen molar-refractivity contribution in [2.75, 3.05) is 0 Å². The monoisotopic (exact) mass is 766 g/mol. The van der Waals surface area contributed by atoms with Gasteiger partial charge in [-0.25, -0.2) is 12.2 Å². The molecule has 1 aliphatic carbocycles. The maximum Gasteiger partial charge on any atom is -0.0139 e. The molecule has 1 aliphatic rings. The molecule has 0 unspecified atom stereocenters. The zero-order chi connectivity index (χ0) is 38.5. The summed E-state index contributed by atoms with van der Waals surface area (Å²) in [6.07, 6.45) is 12.7. The van der Waals surface area contributed by atoms with E-state index in [9.17, 15) is 0 Å². The molecule has 0 N–H and O–H groups in total. The third kappa shape index (κ3) is 11.2. The molecule has 0 nitrogen and oxygen atoms in total. The molecule has 0 heterocycles. The second kappa shape index (κ2) is 17.4. The fourth-order valence-electron chi connectivity index (χ4n) is 7.49. The zero-order valence-electron chi connectivity index (χ0n) is 34.9. The Morgan fingerprint density at radius 1 is 0.615 bits per heavy atom. The van der Waals surface area contributed by atoms with Crippen LogP contribution in [0.5, 0.6) is 0 Å². The van der Waals surface area contributed by atoms with E-state index in [0.717, 1.165) is 18.3 Å². The van der Waals surface area contributed by atoms with Gasteiger partial charge in [0.15, 0.2) is 0 Å². The molecule has 5 aromatic rings. The first kappa shape index (κ1) is 41.7. The summed E-state index contributed by atoms with van der Waals surface area (Å²) in [6.45, 7) is 32.0. The van der Waals surface area contributed by atoms with Crippen molar-refractivity contribution in [3.63, 3.8) is 0 Å². The number of hydrogen-bond acceptors (Lipinski definition) is 0. The van der Waals surface area contributed by atoms with E-state index in [4.69, 9.17) is 0 Å². The molecule has 0 saturated heterocycles. The van der Waals surface area contributed by atoms with E-state index in [0.29, 0.717) is 0 Å². The Labute approximate surface area is 332 Å². The van der Waals surface area contributed by atoms with Crippen molar-refractivity contribution >= 4 is 24.8 Å². The van der Waals surface area contributed by atoms with E-state index >= 15 is 0 Å². The molecule has 0 aromatic heterocycles. The van der Waals surface area contributed by atoms with Gasteiger partial charge in [0.25, 0.3) is 0 Å². The molecule has 6 rings (SSSR count). The van der Waals surface area contributed by atoms with Gasteiger partial charge in [0, 0.05) is 0 Å². The predicted octanol–water partition coefficient (Wildman–Crippen LogP) is 15.0. The van der Waals surface area contributed by atoms with Gasteiger partial charge in [-0.05, 0) is 71.9 Å². The molecule has 0 amide bonds. The minimum atomic E-state index is 0.0384. The van der Waals surface area contributed by atoms with Gasteiger partial charge < -0.3 is 0 Å². The number of allylic oxidation sites excluding steroid dienone is 4. The minimum Gasteiger partial charge on any atom is -0.273 e. The third-order valence-corrected chi connectivity index (χ3v) is 10.6. The van der Waals surface area contributed by atoms with Crippen molar-refractivity contribution in [3.8, 4) is 22.3 Å². The summed E-state index contributed by atoms with van der Waals surface area (Å²) in [5.74, 6) is 1.71. The first-order valence-electron chi connectivity index (χ1n) is 19.4. The number of rotatable bonds is 6. The average molecular weight is 768 g/mol. The zero-order valence-corrected chi connectivity index (χ0v) is 37.3. The van der Waals surface area contributed by atoms with Gasteiger partial charge in [-0.1, -0.05) is 112 Å². The van der Waals surface area contributed by atoms with Gasteiger partial charge in [-0.2, -0.15) is 6.08 Å². The first-order valence-corrected chi connectivity index (χ1v) is 20.6. The van der Waals surface area contributed by atoms with Crippen molar-refractivity contribution in [3.05, 3.63) is 124 Å². The first-order chi connectivity index (χ1) is 24.2. The van der Waals surface area contributed by atoms with Crippen LogP contribution >= 0.6 is 0 Å². The van der Waals surface area contributed by atoms with E-state index in [-0.39, 0.29) is 10.8 Å². The molecule has 272 valence electrons. The fourth-order valence-corrected chi connectivity index (χ4v) is 9.50. The van der Waals surface area contributed by atoms with E-state index in [2.05, 4.69) is 176 Å². The molecule has 0 spiro atoms. The summed E-state index contributed by atoms with van der Waals surface area (Å²) < 4.78 is 1.75. The summed E-state index contributed by atoms with van der Waals surface area (Å²) >= 11 is 1.65. The molecule has 0 radical (unpaired) electrons. The molecule has 0 atom stereocenters. The predicted molar refractivity (Wildman–Crippen MR) is 230 cm³/mol. The summed E-state index contributed by atoms with van der Waals surface area (Å²) in [4.78, 5) is 0. The van der Waals surface area contributed by atoms with Crippen molar-refractivity contribution in [2.24, 2.45) is 11.8 Å². The van der Waals surface area contributed by atoms with Gasteiger partial charge in [-0.3, -0.25) is 6.08 Å². The van der Waals surface area contributed by atoms with Crippen LogP contribution < -0.4 is 0 Å². The van der Waals surface area contributed by atoms with Crippen LogP contribution in [-0.2, 0) is 35.1 Å². The Kier molecular flexibility index (Phi) is 14.0. The van der Waals surface area contributed by atoms with Crippen LogP contribution in [0.25, 0.3) is 43.8 Å². The van der Waals surface area contributed by atoms with Gasteiger partial charge in [0.2, 0.25) is 0 Å². The van der Waals surface area contributed by atoms with Crippen LogP contribution in [-0.4, -0.2) is 3.21 Å². The third-order valence-electron chi connectivity index (χ3n) is 9.56. The van der Waals surface area contributed by atoms with Crippen LogP contribution in [0, 0.1) is 45.6 Å². The molecular weight excluding hydrogens is 704 g/mol. The van der Waals surface area contributed by atoms with E-state index in [1.165, 1.54) is 90.0 Å². The Hall–Kier alpha value is -3.02. The minimum absolute atomic E-state index is 0.0384. The van der Waals surface area contributed by atoms with Crippen LogP contribution in [0.3, 0.4) is 0 Å². The smallest absolute Gasteiger partial charge is 0.0139 e. The Morgan fingerprint density at radius 2 is 1.00 bits per heavy atom. The van der Waals surface area contributed by atoms with Crippen LogP contribution in [0.15, 0.2) is 85.0 Å². The second-order valence-corrected chi connectivity index (χ2v) is 19.9. The normalized spacial score (nSPS) is 12.8. The van der Waals surface area contributed by atoms with Gasteiger partial charge in [0.1, 0.15) is 0 Å². The molecular formula is C51H64Zr. The SMILES string of the molecule is CC(C)C[C](=[Zr+2])CC(C)C.Cc1cc(C)cc(-c2cc3[cH-]c4cc(-c5cc(C)cc(C)c5)c(C(C)(C)C)cc4c3cc2C(C)(C)C)c1.[C-]1=CC=CC1. The van der Waals surface area contributed by atoms with Crippen molar-refractivity contribution in [2.45, 2.75) is 127 Å². The second-order valence-electron chi connectivity index (χ2n) is 18.2. The van der Waals surface area contributed by atoms with Crippen molar-refractivity contribution < 1.29 is 24.2 Å². The van der Waals surface area contributed by atoms with Crippen molar-refractivity contribution in [1.82, 2.24) is 0 Å². The van der Waals surface area contributed by atoms with Gasteiger partial charge >= 0.3 is 79.8 Å². The summed E-state index contributed by atoms with van der Waals surface area (Å²) in [7, 11) is 0. The van der Waals surface area contributed by atoms with E-state index < -0.39 is 0 Å². The van der Waals surface area contributed by atoms with Crippen LogP contribution in [0.4, 0.5) is 0 Å². The van der Waals surface area contributed by atoms with E-state index in [1.807, 2.05) is 12.2 Å². The molecule has 0 aliphatic heterocycles. The topological polar surface area (TPSA) is 0 Å². The maximum absolute atomic E-state index is 2.99. The molecule has 0 bridgehead atoms. The summed E-state index contributed by atoms with van der Waals surface area (Å²) in [5, 5.41) is 5.39. The van der Waals surface area contributed by atoms with Gasteiger partial charge in [-0.15, -0.1) is 46.2 Å². The molecule has 0 saturated carbocycles. The summed E-state index contributed by atoms with van der Waals surface area (Å²) in [5.41, 5.74) is 13.5. The quantitative estimate of drug-likeness (QED) is 0.151. The molecule has 1 heteroatoms. The van der Waals surface area contributed by atoms with Crippen LogP contribution in [0.2, 0.25) is 0 Å². The number of benzene rings is 4. The van der Waals surface area contributed by atoms with Crippen LogP contribution in [0.1, 0.15) is 122 Å². The standard InChI is InChI=1S/C37H41.C9H18.C5H5.Zr/c1-22-11-23(2)14-26(13-22)32-18-28-17-29-19-33(27-15-24(3)12-25(4)16-27)35(37(8,9)10)21-31(29)30(28)20-34(32)36(5,6)7;1-8(2)6-5-7-9(3)4;1-2-4-5-3-1;/h11-21H,1-10H3;8-9H,6-7H2,1-4H3;1-3H,4H2;/q-1;;-1;+2. The van der Waals surface area contributed by atoms with Crippen molar-refractivity contribution in [1.29, 1.82) is 0 Å². The number of hydrogen-bond donors (Lipinski definition) is 0. The molecule has 5 aromatic carbocycles. The fraction of sp³-hybridized carbons (Fsp3) is 0.412. The Balaban J connectivity index is 0.000000336. The number of fused-ring (bicyclic) bond motifs is 3. The average Bonchev–Trinajstić information content (AvgIpc) is 3.69. The molecule has 0 fully saturated rings. The molecule has 52 heavy (non-hydrogen) atoms. The van der Waals surface area contributed by atoms with Gasteiger partial charge in [0.05, 0.1) is 0 Å². The van der Waals surface area contributed by atoms with E-state index in [1.54, 1.807) is 27.4 Å². The Bertz CT molecular complexity index is 1890. The largest absolute Gasteiger partial charge is 0.273 e. The number of aryl methyl sites for hydroxylation is 4. The summed E-state index contributed by atoms with van der Waals surface area (Å²) in [6, 6.07) is 26.1. The maximum atomic E-state index is 2.99.